The molecule has 20 heavy (non-hydrogen) atoms. The van der Waals surface area contributed by atoms with Gasteiger partial charge in [-0.2, -0.15) is 0 Å². The number of aryl methyl sites for hydroxylation is 1. The van der Waals surface area contributed by atoms with Gasteiger partial charge < -0.3 is 15.2 Å². The van der Waals surface area contributed by atoms with Crippen molar-refractivity contribution in [1.82, 2.24) is 4.98 Å². The van der Waals surface area contributed by atoms with Crippen molar-refractivity contribution in [3.63, 3.8) is 0 Å². The molecule has 0 fully saturated rings. The molecule has 1 aromatic carbocycles. The number of fused-ring (bicyclic) bond motifs is 1. The summed E-state index contributed by atoms with van der Waals surface area (Å²) in [5, 5.41) is 12.4. The summed E-state index contributed by atoms with van der Waals surface area (Å²) in [4.78, 5) is 27.8. The van der Waals surface area contributed by atoms with Gasteiger partial charge >= 0.3 is 5.97 Å². The summed E-state index contributed by atoms with van der Waals surface area (Å²) in [6.45, 7) is 1.83. The number of nitrogens with zero attached hydrogens (tertiary/aromatic N) is 1. The standard InChI is InChI=1S/C13H10N2O4S/c1-6-4-14-12(20-6)8-2-7(13(17)18)3-9-11(8)19-5-10(16)15-9/h2-4H,5H2,1H3,(H,15,16)(H,17,18). The summed E-state index contributed by atoms with van der Waals surface area (Å²) in [5.41, 5.74) is 1.03. The van der Waals surface area contributed by atoms with Crippen molar-refractivity contribution in [1.29, 1.82) is 0 Å². The van der Waals surface area contributed by atoms with Crippen LogP contribution in [-0.4, -0.2) is 28.6 Å². The van der Waals surface area contributed by atoms with Gasteiger partial charge in [-0.3, -0.25) is 4.79 Å². The first-order valence-corrected chi connectivity index (χ1v) is 6.63. The molecule has 0 spiro atoms. The number of thiazole rings is 1. The van der Waals surface area contributed by atoms with Gasteiger partial charge in [-0.1, -0.05) is 0 Å². The molecule has 0 saturated carbocycles. The van der Waals surface area contributed by atoms with Crippen LogP contribution in [0.3, 0.4) is 0 Å². The Balaban J connectivity index is 2.21. The third-order valence-corrected chi connectivity index (χ3v) is 3.76. The van der Waals surface area contributed by atoms with Gasteiger partial charge in [0, 0.05) is 11.1 Å². The van der Waals surface area contributed by atoms with E-state index in [9.17, 15) is 9.59 Å². The van der Waals surface area contributed by atoms with Crippen LogP contribution in [0.5, 0.6) is 5.75 Å². The first-order valence-electron chi connectivity index (χ1n) is 5.81. The number of rotatable bonds is 2. The van der Waals surface area contributed by atoms with Gasteiger partial charge in [-0.25, -0.2) is 9.78 Å². The molecule has 0 atom stereocenters. The lowest BCUT2D eigenvalue weighted by atomic mass is 10.1. The molecule has 2 heterocycles. The second-order valence-corrected chi connectivity index (χ2v) is 5.55. The lowest BCUT2D eigenvalue weighted by Gasteiger charge is -2.20. The SMILES string of the molecule is Cc1cnc(-c2cc(C(=O)O)cc3c2OCC(=O)N3)s1. The first-order chi connectivity index (χ1) is 9.54. The van der Waals surface area contributed by atoms with Crippen LogP contribution in [-0.2, 0) is 4.79 Å². The monoisotopic (exact) mass is 290 g/mol. The fourth-order valence-corrected chi connectivity index (χ4v) is 2.74. The lowest BCUT2D eigenvalue weighted by Crippen LogP contribution is -2.26. The van der Waals surface area contributed by atoms with Gasteiger partial charge in [0.15, 0.2) is 12.4 Å². The summed E-state index contributed by atoms with van der Waals surface area (Å²) in [5.74, 6) is -0.910. The molecule has 1 aromatic heterocycles. The summed E-state index contributed by atoms with van der Waals surface area (Å²) >= 11 is 1.44. The van der Waals surface area contributed by atoms with Crippen LogP contribution < -0.4 is 10.1 Å². The highest BCUT2D eigenvalue weighted by atomic mass is 32.1. The van der Waals surface area contributed by atoms with Crippen LogP contribution in [0.4, 0.5) is 5.69 Å². The van der Waals surface area contributed by atoms with E-state index in [1.807, 2.05) is 6.92 Å². The van der Waals surface area contributed by atoms with Gasteiger partial charge in [-0.05, 0) is 19.1 Å². The highest BCUT2D eigenvalue weighted by Crippen LogP contribution is 2.40. The summed E-state index contributed by atoms with van der Waals surface area (Å²) in [6.07, 6.45) is 1.71. The zero-order valence-electron chi connectivity index (χ0n) is 10.5. The molecule has 102 valence electrons. The Hall–Kier alpha value is -2.41. The first kappa shape index (κ1) is 12.6. The number of benzene rings is 1. The molecule has 2 aromatic rings. The Bertz CT molecular complexity index is 723. The molecule has 0 bridgehead atoms. The molecular weight excluding hydrogens is 280 g/mol. The van der Waals surface area contributed by atoms with Crippen molar-refractivity contribution in [3.8, 4) is 16.3 Å². The third kappa shape index (κ3) is 2.12. The van der Waals surface area contributed by atoms with Crippen molar-refractivity contribution in [2.75, 3.05) is 11.9 Å². The minimum Gasteiger partial charge on any atom is -0.481 e. The molecule has 0 radical (unpaired) electrons. The number of hydrogen-bond donors (Lipinski definition) is 2. The van der Waals surface area contributed by atoms with Crippen LogP contribution in [0.25, 0.3) is 10.6 Å². The molecule has 7 heteroatoms. The largest absolute Gasteiger partial charge is 0.481 e. The van der Waals surface area contributed by atoms with E-state index < -0.39 is 5.97 Å². The summed E-state index contributed by atoms with van der Waals surface area (Å²) < 4.78 is 5.43. The normalized spacial score (nSPS) is 13.3. The van der Waals surface area contributed by atoms with Crippen LogP contribution in [0, 0.1) is 6.92 Å². The number of carboxylic acid groups (broad SMARTS) is 1. The molecule has 6 nitrogen and oxygen atoms in total. The zero-order valence-corrected chi connectivity index (χ0v) is 11.3. The molecule has 2 N–H and O–H groups in total. The Morgan fingerprint density at radius 3 is 2.95 bits per heavy atom. The predicted molar refractivity (Wildman–Crippen MR) is 73.4 cm³/mol. The van der Waals surface area contributed by atoms with E-state index in [4.69, 9.17) is 9.84 Å². The number of ether oxygens (including phenoxy) is 1. The van der Waals surface area contributed by atoms with Crippen LogP contribution in [0.2, 0.25) is 0 Å². The molecule has 1 amide bonds. The maximum atomic E-state index is 11.4. The fourth-order valence-electron chi connectivity index (χ4n) is 1.96. The Morgan fingerprint density at radius 2 is 2.30 bits per heavy atom. The summed E-state index contributed by atoms with van der Waals surface area (Å²) in [6, 6.07) is 2.90. The molecular formula is C13H10N2O4S. The minimum atomic E-state index is -1.07. The second-order valence-electron chi connectivity index (χ2n) is 4.32. The Kier molecular flexibility index (Phi) is 2.90. The summed E-state index contributed by atoms with van der Waals surface area (Å²) in [7, 11) is 0. The minimum absolute atomic E-state index is 0.0809. The maximum Gasteiger partial charge on any atom is 0.335 e. The van der Waals surface area contributed by atoms with Gasteiger partial charge in [-0.15, -0.1) is 11.3 Å². The Labute approximate surface area is 118 Å². The third-order valence-electron chi connectivity index (χ3n) is 2.81. The smallest absolute Gasteiger partial charge is 0.335 e. The van der Waals surface area contributed by atoms with E-state index in [1.54, 1.807) is 6.20 Å². The average Bonchev–Trinajstić information content (AvgIpc) is 2.83. The van der Waals surface area contributed by atoms with Crippen LogP contribution in [0.1, 0.15) is 15.2 Å². The van der Waals surface area contributed by atoms with Crippen LogP contribution in [0.15, 0.2) is 18.3 Å². The number of amides is 1. The lowest BCUT2D eigenvalue weighted by molar-refractivity contribution is -0.118. The van der Waals surface area contributed by atoms with E-state index in [1.165, 1.54) is 23.5 Å². The van der Waals surface area contributed by atoms with E-state index in [0.717, 1.165) is 4.88 Å². The van der Waals surface area contributed by atoms with Crippen molar-refractivity contribution in [2.24, 2.45) is 0 Å². The highest BCUT2D eigenvalue weighted by Gasteiger charge is 2.24. The Morgan fingerprint density at radius 1 is 1.50 bits per heavy atom. The fraction of sp³-hybridized carbons (Fsp3) is 0.154. The van der Waals surface area contributed by atoms with E-state index in [0.29, 0.717) is 22.0 Å². The molecule has 1 aliphatic rings. The quantitative estimate of drug-likeness (QED) is 0.884. The topological polar surface area (TPSA) is 88.5 Å². The number of carbonyl (C=O) groups is 2. The van der Waals surface area contributed by atoms with Gasteiger partial charge in [0.1, 0.15) is 5.01 Å². The van der Waals surface area contributed by atoms with Crippen molar-refractivity contribution in [3.05, 3.63) is 28.8 Å². The molecule has 0 saturated heterocycles. The second kappa shape index (κ2) is 4.61. The van der Waals surface area contributed by atoms with Crippen molar-refractivity contribution >= 4 is 28.9 Å². The van der Waals surface area contributed by atoms with Gasteiger partial charge in [0.25, 0.3) is 5.91 Å². The number of nitrogens with one attached hydrogen (secondary N) is 1. The number of anilines is 1. The molecule has 1 aliphatic heterocycles. The van der Waals surface area contributed by atoms with Gasteiger partial charge in [0.2, 0.25) is 0 Å². The van der Waals surface area contributed by atoms with Gasteiger partial charge in [0.05, 0.1) is 16.8 Å². The molecule has 0 aliphatic carbocycles. The van der Waals surface area contributed by atoms with Crippen molar-refractivity contribution in [2.45, 2.75) is 6.92 Å². The average molecular weight is 290 g/mol. The molecule has 3 rings (SSSR count). The highest BCUT2D eigenvalue weighted by molar-refractivity contribution is 7.15. The van der Waals surface area contributed by atoms with Crippen LogP contribution >= 0.6 is 11.3 Å². The predicted octanol–water partition coefficient (Wildman–Crippen LogP) is 2.15. The zero-order chi connectivity index (χ0) is 14.3. The number of aromatic carboxylic acids is 1. The van der Waals surface area contributed by atoms with E-state index in [-0.39, 0.29) is 18.1 Å². The molecule has 0 unspecified atom stereocenters. The number of carboxylic acids is 1. The number of aromatic nitrogens is 1. The van der Waals surface area contributed by atoms with E-state index >= 15 is 0 Å². The number of hydrogen-bond acceptors (Lipinski definition) is 5. The van der Waals surface area contributed by atoms with E-state index in [2.05, 4.69) is 10.3 Å². The van der Waals surface area contributed by atoms with Crippen molar-refractivity contribution < 1.29 is 19.4 Å². The maximum absolute atomic E-state index is 11.4. The number of carbonyl (C=O) groups excluding carboxylic acids is 1.